The third-order valence-electron chi connectivity index (χ3n) is 3.62. The number of non-ortho nitro benzene ring substituents is 1. The number of para-hydroxylation sites is 1. The van der Waals surface area contributed by atoms with Crippen molar-refractivity contribution in [2.24, 2.45) is 0 Å². The number of nitro groups is 1. The molecule has 0 atom stereocenters. The lowest BCUT2D eigenvalue weighted by atomic mass is 10.1. The molecule has 0 aliphatic heterocycles. The summed E-state index contributed by atoms with van der Waals surface area (Å²) in [5.74, 6) is -0.475. The predicted molar refractivity (Wildman–Crippen MR) is 103 cm³/mol. The Labute approximate surface area is 166 Å². The highest BCUT2D eigenvalue weighted by Crippen LogP contribution is 2.36. The van der Waals surface area contributed by atoms with Gasteiger partial charge >= 0.3 is 6.09 Å². The SMILES string of the molecule is CCCN(C(=O)OCC)C(=O)c1cc([N+](=O)[O-])cc(Oc2ccccc2)c1Cl. The number of hydrogen-bond acceptors (Lipinski definition) is 6. The fraction of sp³-hybridized carbons (Fsp3) is 0.263. The van der Waals surface area contributed by atoms with Crippen molar-refractivity contribution in [3.05, 3.63) is 63.2 Å². The smallest absolute Gasteiger partial charge is 0.416 e. The first-order chi connectivity index (χ1) is 13.4. The molecule has 0 spiro atoms. The highest BCUT2D eigenvalue weighted by atomic mass is 35.5. The average molecular weight is 407 g/mol. The molecule has 0 radical (unpaired) electrons. The Bertz CT molecular complexity index is 872. The van der Waals surface area contributed by atoms with E-state index >= 15 is 0 Å². The third-order valence-corrected chi connectivity index (χ3v) is 4.01. The Morgan fingerprint density at radius 1 is 1.18 bits per heavy atom. The van der Waals surface area contributed by atoms with Gasteiger partial charge < -0.3 is 9.47 Å². The quantitative estimate of drug-likeness (QED) is 0.471. The van der Waals surface area contributed by atoms with Crippen molar-refractivity contribution >= 4 is 29.3 Å². The standard InChI is InChI=1S/C19H19ClN2O6/c1-3-10-21(19(24)27-4-2)18(23)15-11-13(22(25)26)12-16(17(15)20)28-14-8-6-5-7-9-14/h5-9,11-12H,3-4,10H2,1-2H3. The Morgan fingerprint density at radius 3 is 2.43 bits per heavy atom. The summed E-state index contributed by atoms with van der Waals surface area (Å²) >= 11 is 6.31. The summed E-state index contributed by atoms with van der Waals surface area (Å²) in [5, 5.41) is 11.2. The molecule has 8 nitrogen and oxygen atoms in total. The highest BCUT2D eigenvalue weighted by molar-refractivity contribution is 6.35. The fourth-order valence-corrected chi connectivity index (χ4v) is 2.61. The van der Waals surface area contributed by atoms with E-state index in [1.54, 1.807) is 44.2 Å². The first kappa shape index (κ1) is 21.2. The molecular weight excluding hydrogens is 388 g/mol. The van der Waals surface area contributed by atoms with Crippen LogP contribution >= 0.6 is 11.6 Å². The molecule has 0 saturated carbocycles. The molecule has 0 aliphatic rings. The molecular formula is C19H19ClN2O6. The molecule has 0 bridgehead atoms. The molecule has 0 saturated heterocycles. The van der Waals surface area contributed by atoms with Crippen molar-refractivity contribution in [3.8, 4) is 11.5 Å². The minimum absolute atomic E-state index is 0.0641. The summed E-state index contributed by atoms with van der Waals surface area (Å²) in [6.45, 7) is 3.54. The molecule has 0 heterocycles. The van der Waals surface area contributed by atoms with Gasteiger partial charge in [-0.05, 0) is 25.5 Å². The molecule has 9 heteroatoms. The topological polar surface area (TPSA) is 99.0 Å². The maximum atomic E-state index is 12.9. The van der Waals surface area contributed by atoms with Gasteiger partial charge in [0.25, 0.3) is 11.6 Å². The summed E-state index contributed by atoms with van der Waals surface area (Å²) in [5.41, 5.74) is -0.609. The molecule has 0 aromatic heterocycles. The van der Waals surface area contributed by atoms with E-state index in [-0.39, 0.29) is 35.2 Å². The van der Waals surface area contributed by atoms with Crippen LogP contribution in [0.5, 0.6) is 11.5 Å². The number of hydrogen-bond donors (Lipinski definition) is 0. The van der Waals surface area contributed by atoms with E-state index < -0.39 is 16.9 Å². The van der Waals surface area contributed by atoms with E-state index in [4.69, 9.17) is 21.1 Å². The molecule has 0 aliphatic carbocycles. The highest BCUT2D eigenvalue weighted by Gasteiger charge is 2.29. The number of benzene rings is 2. The minimum atomic E-state index is -0.845. The maximum absolute atomic E-state index is 12.9. The van der Waals surface area contributed by atoms with Gasteiger partial charge in [-0.15, -0.1) is 0 Å². The number of nitrogens with zero attached hydrogens (tertiary/aromatic N) is 2. The molecule has 0 unspecified atom stereocenters. The molecule has 28 heavy (non-hydrogen) atoms. The average Bonchev–Trinajstić information content (AvgIpc) is 2.68. The van der Waals surface area contributed by atoms with E-state index in [1.165, 1.54) is 0 Å². The number of ether oxygens (including phenoxy) is 2. The van der Waals surface area contributed by atoms with Crippen LogP contribution in [0.25, 0.3) is 0 Å². The third kappa shape index (κ3) is 4.98. The zero-order chi connectivity index (χ0) is 20.7. The monoisotopic (exact) mass is 406 g/mol. The van der Waals surface area contributed by atoms with Gasteiger partial charge in [0.2, 0.25) is 0 Å². The van der Waals surface area contributed by atoms with Crippen LogP contribution < -0.4 is 4.74 Å². The number of nitro benzene ring substituents is 1. The van der Waals surface area contributed by atoms with Crippen LogP contribution in [0, 0.1) is 10.1 Å². The lowest BCUT2D eigenvalue weighted by Crippen LogP contribution is -2.38. The summed E-state index contributed by atoms with van der Waals surface area (Å²) < 4.78 is 10.5. The van der Waals surface area contributed by atoms with E-state index in [0.29, 0.717) is 12.2 Å². The maximum Gasteiger partial charge on any atom is 0.416 e. The molecule has 2 amide bonds. The van der Waals surface area contributed by atoms with Crippen LogP contribution in [-0.2, 0) is 4.74 Å². The number of amides is 2. The van der Waals surface area contributed by atoms with Gasteiger partial charge in [-0.1, -0.05) is 36.7 Å². The van der Waals surface area contributed by atoms with Crippen LogP contribution in [0.3, 0.4) is 0 Å². The minimum Gasteiger partial charge on any atom is -0.456 e. The predicted octanol–water partition coefficient (Wildman–Crippen LogP) is 5.05. The molecule has 2 rings (SSSR count). The normalized spacial score (nSPS) is 10.2. The van der Waals surface area contributed by atoms with E-state index in [9.17, 15) is 19.7 Å². The molecule has 0 fully saturated rings. The van der Waals surface area contributed by atoms with Crippen LogP contribution in [0.15, 0.2) is 42.5 Å². The second-order valence-corrected chi connectivity index (χ2v) is 6.01. The lowest BCUT2D eigenvalue weighted by molar-refractivity contribution is -0.384. The van der Waals surface area contributed by atoms with Gasteiger partial charge in [-0.3, -0.25) is 14.9 Å². The zero-order valence-corrected chi connectivity index (χ0v) is 16.1. The van der Waals surface area contributed by atoms with Crippen molar-refractivity contribution in [1.29, 1.82) is 0 Å². The number of carbonyl (C=O) groups excluding carboxylic acids is 2. The Balaban J connectivity index is 2.50. The van der Waals surface area contributed by atoms with Gasteiger partial charge in [0, 0.05) is 12.6 Å². The van der Waals surface area contributed by atoms with E-state index in [0.717, 1.165) is 17.0 Å². The Kier molecular flexibility index (Phi) is 7.34. The van der Waals surface area contributed by atoms with Crippen molar-refractivity contribution in [2.75, 3.05) is 13.2 Å². The number of halogens is 1. The Morgan fingerprint density at radius 2 is 1.86 bits per heavy atom. The van der Waals surface area contributed by atoms with Crippen molar-refractivity contribution in [3.63, 3.8) is 0 Å². The fourth-order valence-electron chi connectivity index (χ4n) is 2.38. The van der Waals surface area contributed by atoms with Gasteiger partial charge in [0.05, 0.1) is 28.2 Å². The summed E-state index contributed by atoms with van der Waals surface area (Å²) in [4.78, 5) is 36.6. The number of carbonyl (C=O) groups is 2. The molecule has 2 aromatic carbocycles. The van der Waals surface area contributed by atoms with Gasteiger partial charge in [0.15, 0.2) is 5.75 Å². The second kappa shape index (κ2) is 9.70. The van der Waals surface area contributed by atoms with Crippen LogP contribution in [-0.4, -0.2) is 35.0 Å². The van der Waals surface area contributed by atoms with Gasteiger partial charge in [0.1, 0.15) is 5.75 Å². The summed E-state index contributed by atoms with van der Waals surface area (Å²) in [7, 11) is 0. The second-order valence-electron chi connectivity index (χ2n) is 5.63. The van der Waals surface area contributed by atoms with Crippen LogP contribution in [0.1, 0.15) is 30.6 Å². The largest absolute Gasteiger partial charge is 0.456 e. The lowest BCUT2D eigenvalue weighted by Gasteiger charge is -2.20. The first-order valence-corrected chi connectivity index (χ1v) is 8.96. The molecule has 0 N–H and O–H groups in total. The van der Waals surface area contributed by atoms with E-state index in [1.807, 2.05) is 0 Å². The first-order valence-electron chi connectivity index (χ1n) is 8.58. The van der Waals surface area contributed by atoms with Crippen molar-refractivity contribution < 1.29 is 24.0 Å². The number of rotatable bonds is 7. The molecule has 2 aromatic rings. The van der Waals surface area contributed by atoms with Gasteiger partial charge in [-0.2, -0.15) is 0 Å². The molecule has 148 valence electrons. The summed E-state index contributed by atoms with van der Waals surface area (Å²) in [6, 6.07) is 10.6. The number of imide groups is 1. The van der Waals surface area contributed by atoms with Crippen molar-refractivity contribution in [1.82, 2.24) is 4.90 Å². The van der Waals surface area contributed by atoms with Crippen LogP contribution in [0.2, 0.25) is 5.02 Å². The van der Waals surface area contributed by atoms with E-state index in [2.05, 4.69) is 0 Å². The van der Waals surface area contributed by atoms with Gasteiger partial charge in [-0.25, -0.2) is 9.69 Å². The Hall–Kier alpha value is -3.13. The van der Waals surface area contributed by atoms with Crippen LogP contribution in [0.4, 0.5) is 10.5 Å². The van der Waals surface area contributed by atoms with Crippen molar-refractivity contribution in [2.45, 2.75) is 20.3 Å². The summed E-state index contributed by atoms with van der Waals surface area (Å²) in [6.07, 6.45) is -0.368. The zero-order valence-electron chi connectivity index (χ0n) is 15.4.